The van der Waals surface area contributed by atoms with Crippen molar-refractivity contribution in [2.75, 3.05) is 13.2 Å². The van der Waals surface area contributed by atoms with Crippen LogP contribution in [0.4, 0.5) is 0 Å². The van der Waals surface area contributed by atoms with Crippen LogP contribution in [0.25, 0.3) is 0 Å². The molecule has 0 unspecified atom stereocenters. The minimum absolute atomic E-state index is 0.0953. The minimum atomic E-state index is -0.567. The van der Waals surface area contributed by atoms with Crippen LogP contribution in [0.2, 0.25) is 0 Å². The summed E-state index contributed by atoms with van der Waals surface area (Å²) in [5.74, 6) is -0.567. The standard InChI is InChI=1S/C13H22O5/c1-4-7-15-12-11-10(9(8-14)16-12)17-13(5-2,6-3)18-11/h4,9-12,14H,1,5-8H2,2-3H3/t9-,10-,11-,12-/m1/s1. The van der Waals surface area contributed by atoms with Crippen LogP contribution in [0, 0.1) is 0 Å². The van der Waals surface area contributed by atoms with Crippen LogP contribution < -0.4 is 0 Å². The lowest BCUT2D eigenvalue weighted by molar-refractivity contribution is -0.249. The van der Waals surface area contributed by atoms with Crippen molar-refractivity contribution in [1.29, 1.82) is 0 Å². The summed E-state index contributed by atoms with van der Waals surface area (Å²) in [7, 11) is 0. The van der Waals surface area contributed by atoms with Crippen molar-refractivity contribution < 1.29 is 24.1 Å². The molecule has 2 saturated heterocycles. The van der Waals surface area contributed by atoms with Gasteiger partial charge in [-0.2, -0.15) is 0 Å². The van der Waals surface area contributed by atoms with E-state index in [1.807, 2.05) is 13.8 Å². The van der Waals surface area contributed by atoms with E-state index in [-0.39, 0.29) is 24.9 Å². The third-order valence-corrected chi connectivity index (χ3v) is 3.60. The molecule has 0 radical (unpaired) electrons. The molecule has 5 nitrogen and oxygen atoms in total. The van der Waals surface area contributed by atoms with E-state index in [0.29, 0.717) is 6.61 Å². The predicted octanol–water partition coefficient (Wildman–Crippen LogP) is 1.21. The Morgan fingerprint density at radius 2 is 1.94 bits per heavy atom. The highest BCUT2D eigenvalue weighted by atomic mass is 16.8. The van der Waals surface area contributed by atoms with Gasteiger partial charge in [-0.25, -0.2) is 0 Å². The summed E-state index contributed by atoms with van der Waals surface area (Å²) in [6.07, 6.45) is 1.78. The average molecular weight is 258 g/mol. The maximum atomic E-state index is 9.34. The molecule has 0 amide bonds. The first-order valence-electron chi connectivity index (χ1n) is 6.54. The molecule has 0 bridgehead atoms. The summed E-state index contributed by atoms with van der Waals surface area (Å²) in [6, 6.07) is 0. The molecule has 0 spiro atoms. The smallest absolute Gasteiger partial charge is 0.187 e. The van der Waals surface area contributed by atoms with E-state index in [9.17, 15) is 5.11 Å². The monoisotopic (exact) mass is 258 g/mol. The topological polar surface area (TPSA) is 57.2 Å². The first-order valence-corrected chi connectivity index (χ1v) is 6.54. The fourth-order valence-corrected chi connectivity index (χ4v) is 2.51. The molecule has 18 heavy (non-hydrogen) atoms. The SMILES string of the molecule is C=CCO[C@@H]1O[C@H](CO)[C@H]2OC(CC)(CC)O[C@@H]12. The molecular formula is C13H22O5. The summed E-state index contributed by atoms with van der Waals surface area (Å²) in [5, 5.41) is 9.34. The van der Waals surface area contributed by atoms with E-state index < -0.39 is 12.1 Å². The molecule has 0 aliphatic carbocycles. The summed E-state index contributed by atoms with van der Waals surface area (Å²) >= 11 is 0. The van der Waals surface area contributed by atoms with Gasteiger partial charge >= 0.3 is 0 Å². The Kier molecular flexibility index (Phi) is 4.40. The summed E-state index contributed by atoms with van der Waals surface area (Å²) in [5.41, 5.74) is 0. The molecule has 0 saturated carbocycles. The molecule has 2 rings (SSSR count). The van der Waals surface area contributed by atoms with Crippen molar-refractivity contribution in [3.05, 3.63) is 12.7 Å². The van der Waals surface area contributed by atoms with Gasteiger partial charge in [-0.05, 0) is 12.8 Å². The van der Waals surface area contributed by atoms with E-state index in [1.54, 1.807) is 6.08 Å². The van der Waals surface area contributed by atoms with Gasteiger partial charge in [-0.3, -0.25) is 0 Å². The van der Waals surface area contributed by atoms with Crippen molar-refractivity contribution >= 4 is 0 Å². The zero-order valence-electron chi connectivity index (χ0n) is 11.0. The Bertz CT molecular complexity index is 289. The molecule has 104 valence electrons. The van der Waals surface area contributed by atoms with Crippen molar-refractivity contribution in [2.45, 2.75) is 57.1 Å². The van der Waals surface area contributed by atoms with Gasteiger partial charge in [0, 0.05) is 0 Å². The lowest BCUT2D eigenvalue weighted by atomic mass is 10.1. The van der Waals surface area contributed by atoms with E-state index in [0.717, 1.165) is 12.8 Å². The highest BCUT2D eigenvalue weighted by Gasteiger charge is 2.57. The van der Waals surface area contributed by atoms with Crippen LogP contribution >= 0.6 is 0 Å². The Balaban J connectivity index is 2.09. The molecular weight excluding hydrogens is 236 g/mol. The third-order valence-electron chi connectivity index (χ3n) is 3.60. The van der Waals surface area contributed by atoms with Crippen molar-refractivity contribution in [2.24, 2.45) is 0 Å². The number of hydrogen-bond donors (Lipinski definition) is 1. The number of rotatable bonds is 6. The van der Waals surface area contributed by atoms with Gasteiger partial charge in [-0.1, -0.05) is 19.9 Å². The van der Waals surface area contributed by atoms with E-state index in [1.165, 1.54) is 0 Å². The van der Waals surface area contributed by atoms with Gasteiger partial charge in [0.1, 0.15) is 18.3 Å². The van der Waals surface area contributed by atoms with Gasteiger partial charge in [0.2, 0.25) is 0 Å². The molecule has 2 aliphatic rings. The Morgan fingerprint density at radius 3 is 2.50 bits per heavy atom. The second kappa shape index (κ2) is 5.67. The van der Waals surface area contributed by atoms with E-state index in [2.05, 4.69) is 6.58 Å². The molecule has 0 aromatic carbocycles. The van der Waals surface area contributed by atoms with Crippen LogP contribution in [-0.2, 0) is 18.9 Å². The predicted molar refractivity (Wildman–Crippen MR) is 65.0 cm³/mol. The van der Waals surface area contributed by atoms with Crippen LogP contribution in [0.15, 0.2) is 12.7 Å². The maximum Gasteiger partial charge on any atom is 0.187 e. The lowest BCUT2D eigenvalue weighted by Crippen LogP contribution is -2.35. The van der Waals surface area contributed by atoms with Crippen molar-refractivity contribution in [3.8, 4) is 0 Å². The van der Waals surface area contributed by atoms with Gasteiger partial charge in [-0.15, -0.1) is 6.58 Å². The number of aliphatic hydroxyl groups is 1. The molecule has 0 aromatic rings. The van der Waals surface area contributed by atoms with Gasteiger partial charge in [0.05, 0.1) is 13.2 Å². The lowest BCUT2D eigenvalue weighted by Gasteiger charge is -2.28. The zero-order valence-corrected chi connectivity index (χ0v) is 11.0. The molecule has 2 fully saturated rings. The maximum absolute atomic E-state index is 9.34. The van der Waals surface area contributed by atoms with Crippen molar-refractivity contribution in [1.82, 2.24) is 0 Å². The van der Waals surface area contributed by atoms with E-state index in [4.69, 9.17) is 18.9 Å². The Morgan fingerprint density at radius 1 is 1.28 bits per heavy atom. The molecule has 1 N–H and O–H groups in total. The molecule has 2 aliphatic heterocycles. The second-order valence-corrected chi connectivity index (χ2v) is 4.63. The average Bonchev–Trinajstić information content (AvgIpc) is 2.92. The number of aliphatic hydroxyl groups excluding tert-OH is 1. The highest BCUT2D eigenvalue weighted by Crippen LogP contribution is 2.42. The normalized spacial score (nSPS) is 37.7. The zero-order chi connectivity index (χ0) is 13.2. The third kappa shape index (κ3) is 2.33. The second-order valence-electron chi connectivity index (χ2n) is 4.63. The number of fused-ring (bicyclic) bond motifs is 1. The largest absolute Gasteiger partial charge is 0.394 e. The quantitative estimate of drug-likeness (QED) is 0.726. The first-order chi connectivity index (χ1) is 8.69. The van der Waals surface area contributed by atoms with Gasteiger partial charge < -0.3 is 24.1 Å². The van der Waals surface area contributed by atoms with Crippen LogP contribution in [0.1, 0.15) is 26.7 Å². The van der Waals surface area contributed by atoms with E-state index >= 15 is 0 Å². The molecule has 5 heteroatoms. The summed E-state index contributed by atoms with van der Waals surface area (Å²) in [6.45, 7) is 7.95. The van der Waals surface area contributed by atoms with Gasteiger partial charge in [0.15, 0.2) is 12.1 Å². The molecule has 2 heterocycles. The first kappa shape index (κ1) is 14.0. The highest BCUT2D eigenvalue weighted by molar-refractivity contribution is 4.96. The Hall–Kier alpha value is -0.460. The van der Waals surface area contributed by atoms with Crippen LogP contribution in [0.3, 0.4) is 0 Å². The van der Waals surface area contributed by atoms with Gasteiger partial charge in [0.25, 0.3) is 0 Å². The van der Waals surface area contributed by atoms with Crippen molar-refractivity contribution in [3.63, 3.8) is 0 Å². The van der Waals surface area contributed by atoms with Crippen LogP contribution in [0.5, 0.6) is 0 Å². The summed E-state index contributed by atoms with van der Waals surface area (Å²) < 4.78 is 23.1. The summed E-state index contributed by atoms with van der Waals surface area (Å²) in [4.78, 5) is 0. The Labute approximate surface area is 108 Å². The molecule has 0 aromatic heterocycles. The van der Waals surface area contributed by atoms with Crippen LogP contribution in [-0.4, -0.2) is 48.7 Å². The number of ether oxygens (including phenoxy) is 4. The molecule has 4 atom stereocenters. The minimum Gasteiger partial charge on any atom is -0.394 e. The fourth-order valence-electron chi connectivity index (χ4n) is 2.51. The number of hydrogen-bond acceptors (Lipinski definition) is 5. The fraction of sp³-hybridized carbons (Fsp3) is 0.846.